The van der Waals surface area contributed by atoms with Crippen LogP contribution in [0.5, 0.6) is 0 Å². The van der Waals surface area contributed by atoms with Crippen LogP contribution in [-0.2, 0) is 36.9 Å². The summed E-state index contributed by atoms with van der Waals surface area (Å²) >= 11 is 0. The number of carbonyl (C=O) groups is 4. The van der Waals surface area contributed by atoms with Gasteiger partial charge in [0.05, 0.1) is 6.42 Å². The molecular formula is C31H37N3O6. The van der Waals surface area contributed by atoms with Crippen LogP contribution in [0.3, 0.4) is 0 Å². The van der Waals surface area contributed by atoms with Crippen molar-refractivity contribution < 1.29 is 28.7 Å². The fourth-order valence-electron chi connectivity index (χ4n) is 4.10. The Morgan fingerprint density at radius 1 is 0.825 bits per heavy atom. The highest BCUT2D eigenvalue weighted by Crippen LogP contribution is 2.20. The number of ether oxygens (including phenoxy) is 2. The van der Waals surface area contributed by atoms with E-state index in [0.717, 1.165) is 21.9 Å². The lowest BCUT2D eigenvalue weighted by Gasteiger charge is -2.26. The first-order valence-corrected chi connectivity index (χ1v) is 13.1. The van der Waals surface area contributed by atoms with Gasteiger partial charge >= 0.3 is 12.1 Å². The minimum atomic E-state index is -1.33. The minimum absolute atomic E-state index is 0.0171. The molecule has 3 rings (SSSR count). The molecule has 0 aliphatic carbocycles. The predicted molar refractivity (Wildman–Crippen MR) is 152 cm³/mol. The van der Waals surface area contributed by atoms with Crippen LogP contribution in [0.2, 0.25) is 0 Å². The van der Waals surface area contributed by atoms with Crippen LogP contribution in [0, 0.1) is 0 Å². The highest BCUT2D eigenvalue weighted by Gasteiger charge is 2.31. The third-order valence-electron chi connectivity index (χ3n) is 5.98. The summed E-state index contributed by atoms with van der Waals surface area (Å²) in [6.07, 6.45) is -1.11. The van der Waals surface area contributed by atoms with Crippen LogP contribution < -0.4 is 10.6 Å². The largest absolute Gasteiger partial charge is 0.461 e. The number of esters is 1. The van der Waals surface area contributed by atoms with E-state index in [9.17, 15) is 19.2 Å². The molecule has 2 atom stereocenters. The second-order valence-electron chi connectivity index (χ2n) is 10.7. The summed E-state index contributed by atoms with van der Waals surface area (Å²) in [5.41, 5.74) is 0.831. The summed E-state index contributed by atoms with van der Waals surface area (Å²) < 4.78 is 10.6. The maximum atomic E-state index is 13.5. The highest BCUT2D eigenvalue weighted by molar-refractivity contribution is 5.94. The lowest BCUT2D eigenvalue weighted by atomic mass is 9.98. The van der Waals surface area contributed by atoms with Gasteiger partial charge in [-0.15, -0.1) is 0 Å². The van der Waals surface area contributed by atoms with Gasteiger partial charge in [0.15, 0.2) is 0 Å². The van der Waals surface area contributed by atoms with E-state index in [1.807, 2.05) is 60.7 Å². The van der Waals surface area contributed by atoms with Crippen molar-refractivity contribution in [3.63, 3.8) is 0 Å². The smallest absolute Gasteiger partial charge is 0.408 e. The number of alkyl carbamates (subject to hydrolysis) is 1. The number of amides is 3. The Morgan fingerprint density at radius 3 is 2.15 bits per heavy atom. The first-order chi connectivity index (χ1) is 18.9. The second-order valence-corrected chi connectivity index (χ2v) is 10.7. The quantitative estimate of drug-likeness (QED) is 0.371. The Hall–Kier alpha value is -4.40. The Labute approximate surface area is 234 Å². The minimum Gasteiger partial charge on any atom is -0.461 e. The molecule has 9 nitrogen and oxygen atoms in total. The topological polar surface area (TPSA) is 114 Å². The van der Waals surface area contributed by atoms with Gasteiger partial charge in [-0.05, 0) is 42.7 Å². The number of carbonyl (C=O) groups excluding carboxylic acids is 4. The summed E-state index contributed by atoms with van der Waals surface area (Å²) in [6, 6.07) is 20.4. The van der Waals surface area contributed by atoms with Crippen LogP contribution in [0.4, 0.5) is 4.79 Å². The molecule has 0 heterocycles. The second kappa shape index (κ2) is 13.6. The Balaban J connectivity index is 1.80. The molecule has 0 fully saturated rings. The monoisotopic (exact) mass is 547 g/mol. The summed E-state index contributed by atoms with van der Waals surface area (Å²) in [5.74, 6) is -1.73. The molecular weight excluding hydrogens is 510 g/mol. The van der Waals surface area contributed by atoms with Crippen molar-refractivity contribution in [1.29, 1.82) is 0 Å². The molecule has 212 valence electrons. The summed E-state index contributed by atoms with van der Waals surface area (Å²) in [4.78, 5) is 53.3. The van der Waals surface area contributed by atoms with E-state index in [-0.39, 0.29) is 18.9 Å². The Bertz CT molecular complexity index is 1330. The zero-order valence-corrected chi connectivity index (χ0v) is 23.6. The molecule has 2 N–H and O–H groups in total. The third kappa shape index (κ3) is 9.11. The molecule has 9 heteroatoms. The van der Waals surface area contributed by atoms with E-state index >= 15 is 0 Å². The number of benzene rings is 3. The molecule has 3 amide bonds. The zero-order chi connectivity index (χ0) is 29.3. The predicted octanol–water partition coefficient (Wildman–Crippen LogP) is 3.98. The van der Waals surface area contributed by atoms with Gasteiger partial charge in [-0.25, -0.2) is 4.79 Å². The molecule has 0 bridgehead atoms. The summed E-state index contributed by atoms with van der Waals surface area (Å²) in [6.45, 7) is 5.08. The van der Waals surface area contributed by atoms with Crippen molar-refractivity contribution in [3.8, 4) is 0 Å². The SMILES string of the molecule is CN(C)C(=O)[C@H](Cc1cccc2ccccc12)NC(=O)[C@H](CC(=O)OCc1ccccc1)NC(=O)OC(C)(C)C. The fourth-order valence-corrected chi connectivity index (χ4v) is 4.10. The van der Waals surface area contributed by atoms with Crippen molar-refractivity contribution in [3.05, 3.63) is 83.9 Å². The van der Waals surface area contributed by atoms with Crippen LogP contribution in [-0.4, -0.2) is 60.6 Å². The number of fused-ring (bicyclic) bond motifs is 1. The molecule has 0 aliphatic heterocycles. The van der Waals surface area contributed by atoms with Crippen molar-refractivity contribution in [1.82, 2.24) is 15.5 Å². The summed E-state index contributed by atoms with van der Waals surface area (Å²) in [5, 5.41) is 7.19. The third-order valence-corrected chi connectivity index (χ3v) is 5.98. The lowest BCUT2D eigenvalue weighted by Crippen LogP contribution is -2.55. The van der Waals surface area contributed by atoms with Crippen LogP contribution >= 0.6 is 0 Å². The van der Waals surface area contributed by atoms with Gasteiger partial charge in [0.2, 0.25) is 11.8 Å². The molecule has 3 aromatic carbocycles. The van der Waals surface area contributed by atoms with Gasteiger partial charge in [0.1, 0.15) is 24.3 Å². The highest BCUT2D eigenvalue weighted by atomic mass is 16.6. The van der Waals surface area contributed by atoms with E-state index < -0.39 is 42.1 Å². The van der Waals surface area contributed by atoms with Gasteiger partial charge in [-0.3, -0.25) is 14.4 Å². The van der Waals surface area contributed by atoms with Gasteiger partial charge in [0, 0.05) is 20.5 Å². The van der Waals surface area contributed by atoms with Crippen LogP contribution in [0.15, 0.2) is 72.8 Å². The number of nitrogens with zero attached hydrogens (tertiary/aromatic N) is 1. The van der Waals surface area contributed by atoms with Crippen molar-refractivity contribution in [2.24, 2.45) is 0 Å². The maximum Gasteiger partial charge on any atom is 0.408 e. The van der Waals surface area contributed by atoms with Crippen molar-refractivity contribution >= 4 is 34.6 Å². The molecule has 0 aromatic heterocycles. The average Bonchev–Trinajstić information content (AvgIpc) is 2.90. The molecule has 3 aromatic rings. The first kappa shape index (κ1) is 30.1. The van der Waals surface area contributed by atoms with E-state index in [0.29, 0.717) is 0 Å². The van der Waals surface area contributed by atoms with E-state index in [2.05, 4.69) is 10.6 Å². The van der Waals surface area contributed by atoms with Gasteiger partial charge in [0.25, 0.3) is 0 Å². The Kier molecular flexibility index (Phi) is 10.2. The molecule has 0 saturated carbocycles. The van der Waals surface area contributed by atoms with Crippen LogP contribution in [0.25, 0.3) is 10.8 Å². The molecule has 0 unspecified atom stereocenters. The van der Waals surface area contributed by atoms with Gasteiger partial charge < -0.3 is 25.0 Å². The Morgan fingerprint density at radius 2 is 1.48 bits per heavy atom. The standard InChI is InChI=1S/C31H37N3O6/c1-31(2,3)40-30(38)33-25(19-27(35)39-20-21-12-7-6-8-13-21)28(36)32-26(29(37)34(4)5)18-23-16-11-15-22-14-9-10-17-24(22)23/h6-17,25-26H,18-20H2,1-5H3,(H,32,36)(H,33,38)/t25-,26-/m0/s1. The van der Waals surface area contributed by atoms with Crippen molar-refractivity contribution in [2.75, 3.05) is 14.1 Å². The summed E-state index contributed by atoms with van der Waals surface area (Å²) in [7, 11) is 3.20. The number of nitrogens with one attached hydrogen (secondary N) is 2. The molecule has 0 aliphatic rings. The van der Waals surface area contributed by atoms with E-state index in [1.165, 1.54) is 4.90 Å². The maximum absolute atomic E-state index is 13.5. The fraction of sp³-hybridized carbons (Fsp3) is 0.355. The average molecular weight is 548 g/mol. The molecule has 0 spiro atoms. The number of rotatable bonds is 10. The molecule has 40 heavy (non-hydrogen) atoms. The van der Waals surface area contributed by atoms with E-state index in [4.69, 9.17) is 9.47 Å². The number of likely N-dealkylation sites (N-methyl/N-ethyl adjacent to an activating group) is 1. The van der Waals surface area contributed by atoms with Crippen LogP contribution in [0.1, 0.15) is 38.3 Å². The molecule has 0 radical (unpaired) electrons. The number of hydrogen-bond donors (Lipinski definition) is 2. The van der Waals surface area contributed by atoms with Crippen molar-refractivity contribution in [2.45, 2.75) is 57.9 Å². The van der Waals surface area contributed by atoms with Gasteiger partial charge in [-0.2, -0.15) is 0 Å². The lowest BCUT2D eigenvalue weighted by molar-refractivity contribution is -0.147. The van der Waals surface area contributed by atoms with E-state index in [1.54, 1.807) is 47.0 Å². The zero-order valence-electron chi connectivity index (χ0n) is 23.6. The molecule has 0 saturated heterocycles. The number of hydrogen-bond acceptors (Lipinski definition) is 6. The normalized spacial score (nSPS) is 12.6. The van der Waals surface area contributed by atoms with Gasteiger partial charge in [-0.1, -0.05) is 72.8 Å². The first-order valence-electron chi connectivity index (χ1n) is 13.1.